The lowest BCUT2D eigenvalue weighted by molar-refractivity contribution is 0.0834. The molecule has 6 nitrogen and oxygen atoms in total. The molecule has 7 heteroatoms. The summed E-state index contributed by atoms with van der Waals surface area (Å²) in [5.41, 5.74) is 2.04. The molecule has 0 fully saturated rings. The highest BCUT2D eigenvalue weighted by atomic mass is 32.2. The molecule has 0 saturated heterocycles. The number of methoxy groups -OCH3 is 1. The van der Waals surface area contributed by atoms with Crippen LogP contribution in [0.15, 0.2) is 29.3 Å². The summed E-state index contributed by atoms with van der Waals surface area (Å²) >= 11 is 1.48. The lowest BCUT2D eigenvalue weighted by atomic mass is 9.69. The third-order valence-electron chi connectivity index (χ3n) is 5.55. The molecule has 0 unspecified atom stereocenters. The van der Waals surface area contributed by atoms with E-state index in [9.17, 15) is 5.11 Å². The average Bonchev–Trinajstić information content (AvgIpc) is 2.88. The molecule has 1 aliphatic carbocycles. The minimum absolute atomic E-state index is 0.113. The SMILES string of the molecule is COc1ccc2c3c1O[C@@H]1C[C@@H](O)C=C[C@]31CCN(C(=NC#N)SC)C2. The predicted molar refractivity (Wildman–Crippen MR) is 100 cm³/mol. The van der Waals surface area contributed by atoms with Crippen molar-refractivity contribution < 1.29 is 14.6 Å². The van der Waals surface area contributed by atoms with Crippen LogP contribution < -0.4 is 9.47 Å². The van der Waals surface area contributed by atoms with Crippen LogP contribution in [0.2, 0.25) is 0 Å². The number of amidine groups is 1. The average molecular weight is 371 g/mol. The number of thioether (sulfide) groups is 1. The monoisotopic (exact) mass is 371 g/mol. The molecular weight excluding hydrogens is 350 g/mol. The largest absolute Gasteiger partial charge is 0.493 e. The molecule has 0 aromatic heterocycles. The van der Waals surface area contributed by atoms with Crippen LogP contribution in [0, 0.1) is 11.5 Å². The summed E-state index contributed by atoms with van der Waals surface area (Å²) in [7, 11) is 1.65. The topological polar surface area (TPSA) is 78.1 Å². The maximum absolute atomic E-state index is 10.1. The molecule has 1 aromatic rings. The molecule has 4 rings (SSSR count). The number of nitrogens with zero attached hydrogens (tertiary/aromatic N) is 3. The first-order valence-electron chi connectivity index (χ1n) is 8.63. The maximum Gasteiger partial charge on any atom is 0.208 e. The summed E-state index contributed by atoms with van der Waals surface area (Å²) in [6.45, 7) is 1.43. The highest BCUT2D eigenvalue weighted by molar-refractivity contribution is 8.13. The Hall–Kier alpha value is -2.17. The van der Waals surface area contributed by atoms with Crippen molar-refractivity contribution in [3.63, 3.8) is 0 Å². The maximum atomic E-state index is 10.1. The molecule has 0 radical (unpaired) electrons. The third kappa shape index (κ3) is 2.48. The van der Waals surface area contributed by atoms with Gasteiger partial charge in [0.2, 0.25) is 6.19 Å². The first-order chi connectivity index (χ1) is 12.6. The Kier molecular flexibility index (Phi) is 4.33. The van der Waals surface area contributed by atoms with Gasteiger partial charge in [0, 0.05) is 25.1 Å². The molecule has 26 heavy (non-hydrogen) atoms. The van der Waals surface area contributed by atoms with E-state index < -0.39 is 6.10 Å². The van der Waals surface area contributed by atoms with Gasteiger partial charge in [-0.05, 0) is 24.3 Å². The zero-order valence-electron chi connectivity index (χ0n) is 14.8. The van der Waals surface area contributed by atoms with Crippen molar-refractivity contribution in [3.05, 3.63) is 35.4 Å². The molecule has 0 amide bonds. The van der Waals surface area contributed by atoms with Crippen molar-refractivity contribution in [2.24, 2.45) is 4.99 Å². The highest BCUT2D eigenvalue weighted by Crippen LogP contribution is 2.55. The molecule has 136 valence electrons. The minimum Gasteiger partial charge on any atom is -0.493 e. The second kappa shape index (κ2) is 6.53. The lowest BCUT2D eigenvalue weighted by Gasteiger charge is -2.36. The van der Waals surface area contributed by atoms with Gasteiger partial charge in [-0.15, -0.1) is 4.99 Å². The molecule has 3 atom stereocenters. The van der Waals surface area contributed by atoms with Crippen LogP contribution in [-0.2, 0) is 12.0 Å². The first kappa shape index (κ1) is 17.3. The van der Waals surface area contributed by atoms with Crippen LogP contribution >= 0.6 is 11.8 Å². The number of aliphatic hydroxyl groups is 1. The van der Waals surface area contributed by atoms with Crippen LogP contribution in [0.5, 0.6) is 11.5 Å². The van der Waals surface area contributed by atoms with Gasteiger partial charge in [0.1, 0.15) is 6.10 Å². The second-order valence-electron chi connectivity index (χ2n) is 6.81. The summed E-state index contributed by atoms with van der Waals surface area (Å²) in [5.74, 6) is 1.52. The van der Waals surface area contributed by atoms with Crippen molar-refractivity contribution in [3.8, 4) is 17.7 Å². The van der Waals surface area contributed by atoms with E-state index in [0.717, 1.165) is 40.8 Å². The van der Waals surface area contributed by atoms with Crippen molar-refractivity contribution in [2.75, 3.05) is 19.9 Å². The Bertz CT molecular complexity index is 832. The summed E-state index contributed by atoms with van der Waals surface area (Å²) in [5, 5.41) is 19.8. The van der Waals surface area contributed by atoms with Crippen LogP contribution in [0.3, 0.4) is 0 Å². The number of aliphatic imine (C=N–C) groups is 1. The number of aliphatic hydroxyl groups excluding tert-OH is 1. The van der Waals surface area contributed by atoms with Gasteiger partial charge in [-0.2, -0.15) is 5.26 Å². The van der Waals surface area contributed by atoms with E-state index in [1.54, 1.807) is 7.11 Å². The molecule has 0 saturated carbocycles. The zero-order valence-corrected chi connectivity index (χ0v) is 15.6. The number of hydrogen-bond donors (Lipinski definition) is 1. The fraction of sp³-hybridized carbons (Fsp3) is 0.474. The normalized spacial score (nSPS) is 29.3. The molecule has 2 heterocycles. The van der Waals surface area contributed by atoms with E-state index >= 15 is 0 Å². The van der Waals surface area contributed by atoms with Gasteiger partial charge in [0.25, 0.3) is 0 Å². The van der Waals surface area contributed by atoms with Gasteiger partial charge >= 0.3 is 0 Å². The number of nitriles is 1. The Labute approximate surface area is 157 Å². The van der Waals surface area contributed by atoms with Crippen LogP contribution in [0.4, 0.5) is 0 Å². The third-order valence-corrected chi connectivity index (χ3v) is 6.27. The number of ether oxygens (including phenoxy) is 2. The fourth-order valence-corrected chi connectivity index (χ4v) is 4.93. The Morgan fingerprint density at radius 1 is 1.54 bits per heavy atom. The number of benzene rings is 1. The van der Waals surface area contributed by atoms with E-state index in [0.29, 0.717) is 13.0 Å². The van der Waals surface area contributed by atoms with E-state index in [1.165, 1.54) is 11.8 Å². The van der Waals surface area contributed by atoms with Gasteiger partial charge < -0.3 is 19.5 Å². The molecular formula is C19H21N3O3S. The van der Waals surface area contributed by atoms with E-state index in [4.69, 9.17) is 14.7 Å². The molecule has 3 aliphatic rings. The first-order valence-corrected chi connectivity index (χ1v) is 9.85. The van der Waals surface area contributed by atoms with Crippen molar-refractivity contribution in [1.82, 2.24) is 4.90 Å². The van der Waals surface area contributed by atoms with Crippen molar-refractivity contribution in [1.29, 1.82) is 5.26 Å². The fourth-order valence-electron chi connectivity index (χ4n) is 4.39. The van der Waals surface area contributed by atoms with Gasteiger partial charge in [-0.3, -0.25) is 0 Å². The van der Waals surface area contributed by atoms with Gasteiger partial charge in [-0.25, -0.2) is 0 Å². The number of hydrogen-bond acceptors (Lipinski definition) is 6. The van der Waals surface area contributed by atoms with Crippen molar-refractivity contribution >= 4 is 16.9 Å². The van der Waals surface area contributed by atoms with E-state index in [-0.39, 0.29) is 11.5 Å². The summed E-state index contributed by atoms with van der Waals surface area (Å²) in [6.07, 6.45) is 8.64. The standard InChI is InChI=1S/C19H21N3O3S/c1-24-14-4-3-12-10-22(18(26-2)21-11-20)8-7-19-6-5-13(23)9-15(19)25-17(14)16(12)19/h3-6,13,15,23H,7-10H2,1-2H3/t13-,15+,19+/m0/s1. The smallest absolute Gasteiger partial charge is 0.208 e. The molecule has 1 aromatic carbocycles. The van der Waals surface area contributed by atoms with Crippen LogP contribution in [0.1, 0.15) is 24.0 Å². The molecule has 1 N–H and O–H groups in total. The predicted octanol–water partition coefficient (Wildman–Crippen LogP) is 2.42. The summed E-state index contributed by atoms with van der Waals surface area (Å²) in [6, 6.07) is 4.01. The van der Waals surface area contributed by atoms with Crippen molar-refractivity contribution in [2.45, 2.75) is 37.0 Å². The van der Waals surface area contributed by atoms with Gasteiger partial charge in [0.15, 0.2) is 16.7 Å². The quantitative estimate of drug-likeness (QED) is 0.354. The number of rotatable bonds is 1. The van der Waals surface area contributed by atoms with Gasteiger partial charge in [-0.1, -0.05) is 30.0 Å². The van der Waals surface area contributed by atoms with Gasteiger partial charge in [0.05, 0.1) is 18.6 Å². The lowest BCUT2D eigenvalue weighted by Crippen LogP contribution is -2.43. The zero-order chi connectivity index (χ0) is 18.3. The Morgan fingerprint density at radius 2 is 2.38 bits per heavy atom. The minimum atomic E-state index is -0.490. The molecule has 1 spiro atoms. The summed E-state index contributed by atoms with van der Waals surface area (Å²) in [4.78, 5) is 6.14. The van der Waals surface area contributed by atoms with Crippen LogP contribution in [0.25, 0.3) is 0 Å². The Morgan fingerprint density at radius 3 is 3.12 bits per heavy atom. The second-order valence-corrected chi connectivity index (χ2v) is 7.58. The molecule has 2 aliphatic heterocycles. The molecule has 0 bridgehead atoms. The van der Waals surface area contributed by atoms with Crippen LogP contribution in [-0.4, -0.2) is 47.3 Å². The van der Waals surface area contributed by atoms with E-state index in [2.05, 4.69) is 22.0 Å². The highest BCUT2D eigenvalue weighted by Gasteiger charge is 2.53. The Balaban J connectivity index is 1.86. The summed E-state index contributed by atoms with van der Waals surface area (Å²) < 4.78 is 11.8. The van der Waals surface area contributed by atoms with E-state index in [1.807, 2.05) is 24.6 Å².